The Balaban J connectivity index is 0.00000312. The van der Waals surface area contributed by atoms with Gasteiger partial charge in [-0.3, -0.25) is 0 Å². The van der Waals surface area contributed by atoms with Gasteiger partial charge >= 0.3 is 0 Å². The second kappa shape index (κ2) is 11.0. The van der Waals surface area contributed by atoms with E-state index < -0.39 is 0 Å². The quantitative estimate of drug-likeness (QED) is 0.354. The molecule has 0 atom stereocenters. The van der Waals surface area contributed by atoms with Crippen molar-refractivity contribution in [2.75, 3.05) is 6.54 Å². The molecule has 0 amide bonds. The van der Waals surface area contributed by atoms with E-state index in [1.165, 1.54) is 6.07 Å². The molecule has 0 bridgehead atoms. The van der Waals surface area contributed by atoms with Gasteiger partial charge in [-0.2, -0.15) is 0 Å². The van der Waals surface area contributed by atoms with E-state index in [-0.39, 0.29) is 36.4 Å². The highest BCUT2D eigenvalue weighted by atomic mass is 127. The van der Waals surface area contributed by atoms with Gasteiger partial charge in [-0.15, -0.1) is 24.0 Å². The van der Waals surface area contributed by atoms with Gasteiger partial charge in [0.25, 0.3) is 0 Å². The Morgan fingerprint density at radius 2 is 1.84 bits per heavy atom. The van der Waals surface area contributed by atoms with Gasteiger partial charge in [0.15, 0.2) is 5.96 Å². The Morgan fingerprint density at radius 3 is 2.48 bits per heavy atom. The molecule has 0 aromatic heterocycles. The van der Waals surface area contributed by atoms with Crippen LogP contribution in [0.1, 0.15) is 29.2 Å². The molecule has 2 aromatic carbocycles. The maximum absolute atomic E-state index is 13.3. The molecule has 0 heterocycles. The van der Waals surface area contributed by atoms with Gasteiger partial charge in [-0.1, -0.05) is 36.4 Å². The number of aliphatic hydroxyl groups excluding tert-OH is 1. The van der Waals surface area contributed by atoms with Crippen LogP contribution in [-0.2, 0) is 19.7 Å². The van der Waals surface area contributed by atoms with E-state index in [4.69, 9.17) is 0 Å². The second-order valence-corrected chi connectivity index (χ2v) is 5.56. The third kappa shape index (κ3) is 6.62. The fourth-order valence-corrected chi connectivity index (χ4v) is 2.38. The number of guanidine groups is 1. The molecule has 25 heavy (non-hydrogen) atoms. The van der Waals surface area contributed by atoms with Gasteiger partial charge < -0.3 is 15.7 Å². The zero-order valence-corrected chi connectivity index (χ0v) is 16.9. The van der Waals surface area contributed by atoms with Crippen molar-refractivity contribution >= 4 is 29.9 Å². The van der Waals surface area contributed by atoms with Crippen LogP contribution in [0, 0.1) is 12.7 Å². The number of hydrogen-bond acceptors (Lipinski definition) is 2. The lowest BCUT2D eigenvalue weighted by Gasteiger charge is -2.13. The summed E-state index contributed by atoms with van der Waals surface area (Å²) < 4.78 is 13.3. The van der Waals surface area contributed by atoms with Gasteiger partial charge in [0.2, 0.25) is 0 Å². The summed E-state index contributed by atoms with van der Waals surface area (Å²) in [5.74, 6) is 0.487. The molecule has 0 saturated carbocycles. The summed E-state index contributed by atoms with van der Waals surface area (Å²) in [6, 6.07) is 12.8. The lowest BCUT2D eigenvalue weighted by Crippen LogP contribution is -2.37. The lowest BCUT2D eigenvalue weighted by molar-refractivity contribution is 0.280. The first kappa shape index (κ1) is 21.4. The predicted molar refractivity (Wildman–Crippen MR) is 111 cm³/mol. The van der Waals surface area contributed by atoms with Gasteiger partial charge in [0.1, 0.15) is 5.82 Å². The third-order valence-corrected chi connectivity index (χ3v) is 3.72. The summed E-state index contributed by atoms with van der Waals surface area (Å²) in [7, 11) is 0. The summed E-state index contributed by atoms with van der Waals surface area (Å²) in [5.41, 5.74) is 3.51. The van der Waals surface area contributed by atoms with E-state index in [0.717, 1.165) is 23.2 Å². The lowest BCUT2D eigenvalue weighted by atomic mass is 10.1. The first-order valence-electron chi connectivity index (χ1n) is 8.09. The van der Waals surface area contributed by atoms with Crippen LogP contribution in [-0.4, -0.2) is 17.6 Å². The Bertz CT molecular complexity index is 707. The summed E-state index contributed by atoms with van der Waals surface area (Å²) in [5, 5.41) is 15.8. The van der Waals surface area contributed by atoms with Gasteiger partial charge in [-0.05, 0) is 42.2 Å². The van der Waals surface area contributed by atoms with E-state index in [1.807, 2.05) is 37.3 Å². The zero-order valence-electron chi connectivity index (χ0n) is 14.6. The number of aliphatic hydroxyl groups is 1. The maximum Gasteiger partial charge on any atom is 0.191 e. The van der Waals surface area contributed by atoms with Crippen LogP contribution in [0.2, 0.25) is 0 Å². The smallest absolute Gasteiger partial charge is 0.191 e. The molecular weight excluding hydrogens is 432 g/mol. The molecule has 0 aliphatic carbocycles. The van der Waals surface area contributed by atoms with Crippen molar-refractivity contribution in [3.63, 3.8) is 0 Å². The number of benzene rings is 2. The molecule has 0 radical (unpaired) electrons. The topological polar surface area (TPSA) is 56.7 Å². The molecule has 3 N–H and O–H groups in total. The Hall–Kier alpha value is -1.67. The van der Waals surface area contributed by atoms with Crippen LogP contribution < -0.4 is 10.6 Å². The highest BCUT2D eigenvalue weighted by Gasteiger charge is 2.03. The molecule has 0 aliphatic heterocycles. The molecule has 0 fully saturated rings. The van der Waals surface area contributed by atoms with Crippen molar-refractivity contribution in [2.24, 2.45) is 4.99 Å². The summed E-state index contributed by atoms with van der Waals surface area (Å²) in [6.45, 7) is 5.55. The Labute approximate surface area is 165 Å². The molecular formula is C19H25FIN3O. The third-order valence-electron chi connectivity index (χ3n) is 3.72. The average molecular weight is 457 g/mol. The van der Waals surface area contributed by atoms with E-state index in [0.29, 0.717) is 24.6 Å². The molecule has 2 rings (SSSR count). The average Bonchev–Trinajstić information content (AvgIpc) is 2.60. The number of nitrogens with zero attached hydrogens (tertiary/aromatic N) is 1. The van der Waals surface area contributed by atoms with Crippen molar-refractivity contribution in [3.05, 3.63) is 70.5 Å². The van der Waals surface area contributed by atoms with E-state index in [2.05, 4.69) is 15.6 Å². The standard InChI is InChI=1S/C19H24FN3O.HI/c1-3-21-19(22-11-15-8-9-18(20)14(2)10-15)23-12-16-6-4-5-7-17(16)13-24;/h4-10,24H,3,11-13H2,1-2H3,(H2,21,22,23);1H. The molecule has 136 valence electrons. The van der Waals surface area contributed by atoms with Crippen molar-refractivity contribution in [2.45, 2.75) is 33.5 Å². The monoisotopic (exact) mass is 457 g/mol. The zero-order chi connectivity index (χ0) is 17.4. The van der Waals surface area contributed by atoms with Gasteiger partial charge in [0, 0.05) is 13.1 Å². The number of aliphatic imine (C=N–C) groups is 1. The van der Waals surface area contributed by atoms with Crippen molar-refractivity contribution in [1.29, 1.82) is 0 Å². The molecule has 0 unspecified atom stereocenters. The summed E-state index contributed by atoms with van der Waals surface area (Å²) >= 11 is 0. The van der Waals surface area contributed by atoms with E-state index in [9.17, 15) is 9.50 Å². The van der Waals surface area contributed by atoms with Crippen LogP contribution in [0.5, 0.6) is 0 Å². The number of rotatable bonds is 6. The number of aryl methyl sites for hydroxylation is 1. The minimum absolute atomic E-state index is 0. The van der Waals surface area contributed by atoms with Gasteiger partial charge in [-0.25, -0.2) is 9.38 Å². The maximum atomic E-state index is 13.3. The normalized spacial score (nSPS) is 11.0. The van der Waals surface area contributed by atoms with E-state index >= 15 is 0 Å². The van der Waals surface area contributed by atoms with Crippen LogP contribution in [0.15, 0.2) is 47.5 Å². The van der Waals surface area contributed by atoms with Crippen LogP contribution in [0.3, 0.4) is 0 Å². The second-order valence-electron chi connectivity index (χ2n) is 5.56. The largest absolute Gasteiger partial charge is 0.392 e. The Kier molecular flexibility index (Phi) is 9.44. The molecule has 2 aromatic rings. The van der Waals surface area contributed by atoms with E-state index in [1.54, 1.807) is 13.0 Å². The van der Waals surface area contributed by atoms with Crippen LogP contribution in [0.25, 0.3) is 0 Å². The number of hydrogen-bond donors (Lipinski definition) is 3. The molecule has 0 aliphatic rings. The van der Waals surface area contributed by atoms with Crippen molar-refractivity contribution in [1.82, 2.24) is 10.6 Å². The van der Waals surface area contributed by atoms with Crippen LogP contribution in [0.4, 0.5) is 4.39 Å². The summed E-state index contributed by atoms with van der Waals surface area (Å²) in [6.07, 6.45) is 0. The highest BCUT2D eigenvalue weighted by molar-refractivity contribution is 14.0. The molecule has 0 saturated heterocycles. The van der Waals surface area contributed by atoms with Crippen LogP contribution >= 0.6 is 24.0 Å². The minimum Gasteiger partial charge on any atom is -0.392 e. The molecule has 4 nitrogen and oxygen atoms in total. The minimum atomic E-state index is -0.201. The summed E-state index contributed by atoms with van der Waals surface area (Å²) in [4.78, 5) is 4.53. The Morgan fingerprint density at radius 1 is 1.12 bits per heavy atom. The van der Waals surface area contributed by atoms with Crippen molar-refractivity contribution < 1.29 is 9.50 Å². The predicted octanol–water partition coefficient (Wildman–Crippen LogP) is 3.50. The van der Waals surface area contributed by atoms with Gasteiger partial charge in [0.05, 0.1) is 13.2 Å². The SMILES string of the molecule is CCNC(=NCc1ccc(F)c(C)c1)NCc1ccccc1CO.I. The first-order chi connectivity index (χ1) is 11.6. The fraction of sp³-hybridized carbons (Fsp3) is 0.316. The number of halogens is 2. The first-order valence-corrected chi connectivity index (χ1v) is 8.09. The number of nitrogens with one attached hydrogen (secondary N) is 2. The fourth-order valence-electron chi connectivity index (χ4n) is 2.38. The highest BCUT2D eigenvalue weighted by Crippen LogP contribution is 2.10. The van der Waals surface area contributed by atoms with Crippen molar-refractivity contribution in [3.8, 4) is 0 Å². The molecule has 0 spiro atoms. The molecule has 6 heteroatoms.